The number of alkyl halides is 3. The van der Waals surface area contributed by atoms with E-state index in [1.165, 1.54) is 12.1 Å². The van der Waals surface area contributed by atoms with Gasteiger partial charge in [0.2, 0.25) is 5.91 Å². The Morgan fingerprint density at radius 3 is 2.11 bits per heavy atom. The SMILES string of the molecule is NC(=O)c1ccccc1.O=C(O)c1cc(CNC(=O)C(F)(F)F)ccc1Cl. The van der Waals surface area contributed by atoms with Crippen LogP contribution in [0.3, 0.4) is 0 Å². The minimum Gasteiger partial charge on any atom is -0.478 e. The van der Waals surface area contributed by atoms with Gasteiger partial charge in [0.05, 0.1) is 10.6 Å². The van der Waals surface area contributed by atoms with Crippen LogP contribution in [0.2, 0.25) is 5.02 Å². The molecule has 0 aliphatic rings. The second-order valence-electron chi connectivity index (χ2n) is 5.03. The summed E-state index contributed by atoms with van der Waals surface area (Å²) in [6, 6.07) is 12.4. The summed E-state index contributed by atoms with van der Waals surface area (Å²) >= 11 is 5.58. The molecule has 0 atom stereocenters. The van der Waals surface area contributed by atoms with Crippen molar-refractivity contribution in [1.29, 1.82) is 0 Å². The first kappa shape index (κ1) is 22.0. The third kappa shape index (κ3) is 7.37. The largest absolute Gasteiger partial charge is 0.478 e. The maximum absolute atomic E-state index is 11.9. The van der Waals surface area contributed by atoms with Crippen LogP contribution in [0.5, 0.6) is 0 Å². The number of hydrogen-bond donors (Lipinski definition) is 3. The van der Waals surface area contributed by atoms with Gasteiger partial charge in [-0.2, -0.15) is 13.2 Å². The van der Waals surface area contributed by atoms with Gasteiger partial charge in [-0.1, -0.05) is 35.9 Å². The zero-order valence-electron chi connectivity index (χ0n) is 13.6. The summed E-state index contributed by atoms with van der Waals surface area (Å²) in [7, 11) is 0. The molecule has 27 heavy (non-hydrogen) atoms. The van der Waals surface area contributed by atoms with Gasteiger partial charge in [-0.25, -0.2) is 4.79 Å². The monoisotopic (exact) mass is 402 g/mol. The van der Waals surface area contributed by atoms with E-state index in [0.717, 1.165) is 6.07 Å². The molecule has 0 saturated heterocycles. The first-order valence-electron chi connectivity index (χ1n) is 7.24. The van der Waals surface area contributed by atoms with Gasteiger partial charge < -0.3 is 16.2 Å². The van der Waals surface area contributed by atoms with Crippen LogP contribution in [0.4, 0.5) is 13.2 Å². The number of carbonyl (C=O) groups excluding carboxylic acids is 2. The molecule has 0 spiro atoms. The summed E-state index contributed by atoms with van der Waals surface area (Å²) in [5.41, 5.74) is 5.49. The number of nitrogens with two attached hydrogens (primary N) is 1. The quantitative estimate of drug-likeness (QED) is 0.730. The van der Waals surface area contributed by atoms with Crippen LogP contribution >= 0.6 is 11.6 Å². The molecule has 6 nitrogen and oxygen atoms in total. The van der Waals surface area contributed by atoms with E-state index >= 15 is 0 Å². The van der Waals surface area contributed by atoms with Gasteiger partial charge in [-0.15, -0.1) is 0 Å². The maximum atomic E-state index is 11.9. The Morgan fingerprint density at radius 2 is 1.67 bits per heavy atom. The molecule has 2 aromatic carbocycles. The Kier molecular flexibility index (Phi) is 7.79. The summed E-state index contributed by atoms with van der Waals surface area (Å²) in [4.78, 5) is 31.7. The highest BCUT2D eigenvalue weighted by atomic mass is 35.5. The number of carboxylic acids is 1. The molecule has 0 bridgehead atoms. The molecule has 0 radical (unpaired) electrons. The van der Waals surface area contributed by atoms with E-state index in [2.05, 4.69) is 0 Å². The molecular weight excluding hydrogens is 389 g/mol. The van der Waals surface area contributed by atoms with Gasteiger partial charge in [0, 0.05) is 12.1 Å². The van der Waals surface area contributed by atoms with E-state index in [1.807, 2.05) is 6.07 Å². The predicted molar refractivity (Wildman–Crippen MR) is 91.3 cm³/mol. The van der Waals surface area contributed by atoms with Crippen molar-refractivity contribution in [3.05, 3.63) is 70.2 Å². The van der Waals surface area contributed by atoms with Crippen molar-refractivity contribution in [2.75, 3.05) is 0 Å². The fraction of sp³-hybridized carbons (Fsp3) is 0.118. The van der Waals surface area contributed by atoms with Gasteiger partial charge in [0.1, 0.15) is 0 Å². The predicted octanol–water partition coefficient (Wildman–Crippen LogP) is 3.00. The van der Waals surface area contributed by atoms with Gasteiger partial charge >= 0.3 is 18.1 Å². The molecule has 4 N–H and O–H groups in total. The number of hydrogen-bond acceptors (Lipinski definition) is 3. The minimum atomic E-state index is -4.97. The topological polar surface area (TPSA) is 109 Å². The summed E-state index contributed by atoms with van der Waals surface area (Å²) < 4.78 is 35.7. The molecule has 2 aromatic rings. The second-order valence-corrected chi connectivity index (χ2v) is 5.44. The smallest absolute Gasteiger partial charge is 0.471 e. The van der Waals surface area contributed by atoms with Crippen molar-refractivity contribution in [2.24, 2.45) is 5.73 Å². The summed E-state index contributed by atoms with van der Waals surface area (Å²) in [5.74, 6) is -3.77. The minimum absolute atomic E-state index is 0.0339. The van der Waals surface area contributed by atoms with Crippen molar-refractivity contribution >= 4 is 29.4 Å². The number of aromatic carboxylic acids is 1. The molecule has 0 saturated carbocycles. The van der Waals surface area contributed by atoms with Gasteiger partial charge in [0.15, 0.2) is 0 Å². The first-order valence-corrected chi connectivity index (χ1v) is 7.61. The van der Waals surface area contributed by atoms with E-state index < -0.39 is 24.6 Å². The van der Waals surface area contributed by atoms with Crippen LogP contribution < -0.4 is 11.1 Å². The highest BCUT2D eigenvalue weighted by Gasteiger charge is 2.38. The Labute approximate surface area is 156 Å². The lowest BCUT2D eigenvalue weighted by molar-refractivity contribution is -0.173. The highest BCUT2D eigenvalue weighted by molar-refractivity contribution is 6.33. The van der Waals surface area contributed by atoms with E-state index in [4.69, 9.17) is 22.4 Å². The Hall–Kier alpha value is -3.07. The fourth-order valence-corrected chi connectivity index (χ4v) is 1.93. The van der Waals surface area contributed by atoms with Crippen molar-refractivity contribution in [1.82, 2.24) is 5.32 Å². The number of carboxylic acid groups (broad SMARTS) is 1. The standard InChI is InChI=1S/C10H7ClF3NO3.C7H7NO/c11-7-2-1-5(3-6(7)8(16)17)4-15-9(18)10(12,13)14;8-7(9)6-4-2-1-3-5-6/h1-3H,4H2,(H,15,18)(H,16,17);1-5H,(H2,8,9). The molecule has 0 unspecified atom stereocenters. The third-order valence-corrected chi connectivity index (χ3v) is 3.36. The van der Waals surface area contributed by atoms with E-state index in [9.17, 15) is 27.6 Å². The summed E-state index contributed by atoms with van der Waals surface area (Å²) in [6.07, 6.45) is -4.97. The Balaban J connectivity index is 0.000000337. The summed E-state index contributed by atoms with van der Waals surface area (Å²) in [6.45, 7) is -0.435. The van der Waals surface area contributed by atoms with Crippen LogP contribution in [0.1, 0.15) is 26.3 Å². The molecule has 0 heterocycles. The fourth-order valence-electron chi connectivity index (χ4n) is 1.73. The Morgan fingerprint density at radius 1 is 1.07 bits per heavy atom. The van der Waals surface area contributed by atoms with Crippen LogP contribution in [0.25, 0.3) is 0 Å². The number of amides is 2. The molecular formula is C17H14ClF3N2O4. The van der Waals surface area contributed by atoms with Gasteiger partial charge in [0.25, 0.3) is 0 Å². The molecule has 144 valence electrons. The lowest BCUT2D eigenvalue weighted by Gasteiger charge is -2.08. The Bertz CT molecular complexity index is 827. The number of halogens is 4. The average molecular weight is 403 g/mol. The normalized spacial score (nSPS) is 10.4. The van der Waals surface area contributed by atoms with E-state index in [1.54, 1.807) is 29.6 Å². The van der Waals surface area contributed by atoms with Crippen LogP contribution in [-0.2, 0) is 11.3 Å². The van der Waals surface area contributed by atoms with E-state index in [-0.39, 0.29) is 22.1 Å². The zero-order valence-corrected chi connectivity index (χ0v) is 14.3. The van der Waals surface area contributed by atoms with Crippen molar-refractivity contribution in [2.45, 2.75) is 12.7 Å². The second kappa shape index (κ2) is 9.58. The van der Waals surface area contributed by atoms with Crippen molar-refractivity contribution < 1.29 is 32.7 Å². The van der Waals surface area contributed by atoms with E-state index in [0.29, 0.717) is 5.56 Å². The zero-order chi connectivity index (χ0) is 20.6. The average Bonchev–Trinajstić information content (AvgIpc) is 2.61. The molecule has 0 fully saturated rings. The number of rotatable bonds is 4. The molecule has 0 aliphatic carbocycles. The number of benzene rings is 2. The molecule has 0 aromatic heterocycles. The first-order chi connectivity index (χ1) is 12.5. The number of nitrogens with one attached hydrogen (secondary N) is 1. The lowest BCUT2D eigenvalue weighted by atomic mass is 10.1. The molecule has 0 aliphatic heterocycles. The van der Waals surface area contributed by atoms with Crippen molar-refractivity contribution in [3.63, 3.8) is 0 Å². The summed E-state index contributed by atoms with van der Waals surface area (Å²) in [5, 5.41) is 10.3. The van der Waals surface area contributed by atoms with Crippen molar-refractivity contribution in [3.8, 4) is 0 Å². The van der Waals surface area contributed by atoms with Gasteiger partial charge in [-0.3, -0.25) is 9.59 Å². The highest BCUT2D eigenvalue weighted by Crippen LogP contribution is 2.18. The maximum Gasteiger partial charge on any atom is 0.471 e. The third-order valence-electron chi connectivity index (χ3n) is 3.03. The molecule has 2 amide bonds. The van der Waals surface area contributed by atoms with Crippen LogP contribution in [0, 0.1) is 0 Å². The van der Waals surface area contributed by atoms with Gasteiger partial charge in [-0.05, 0) is 29.8 Å². The van der Waals surface area contributed by atoms with Crippen LogP contribution in [0.15, 0.2) is 48.5 Å². The lowest BCUT2D eigenvalue weighted by Crippen LogP contribution is -2.36. The molecule has 2 rings (SSSR count). The molecule has 10 heteroatoms. The van der Waals surface area contributed by atoms with Crippen LogP contribution in [-0.4, -0.2) is 29.1 Å². The number of primary amides is 1. The number of carbonyl (C=O) groups is 3.